The van der Waals surface area contributed by atoms with E-state index >= 15 is 0 Å². The Morgan fingerprint density at radius 1 is 1.39 bits per heavy atom. The zero-order valence-electron chi connectivity index (χ0n) is 10.6. The fourth-order valence-corrected chi connectivity index (χ4v) is 1.81. The molecule has 1 rings (SSSR count). The number of carbonyl (C=O) groups excluding carboxylic acids is 1. The summed E-state index contributed by atoms with van der Waals surface area (Å²) >= 11 is 0. The van der Waals surface area contributed by atoms with Gasteiger partial charge in [-0.2, -0.15) is 5.26 Å². The van der Waals surface area contributed by atoms with Gasteiger partial charge < -0.3 is 10.0 Å². The van der Waals surface area contributed by atoms with Crippen molar-refractivity contribution in [3.8, 4) is 6.07 Å². The number of nitrogens with zero attached hydrogens (tertiary/aromatic N) is 2. The first-order valence-corrected chi connectivity index (χ1v) is 6.04. The number of nitriles is 1. The van der Waals surface area contributed by atoms with Crippen LogP contribution in [0.5, 0.6) is 0 Å². The number of carbonyl (C=O) groups is 1. The van der Waals surface area contributed by atoms with E-state index in [1.54, 1.807) is 18.2 Å². The van der Waals surface area contributed by atoms with Crippen molar-refractivity contribution in [2.75, 3.05) is 25.1 Å². The molecule has 0 aromatic heterocycles. The van der Waals surface area contributed by atoms with Gasteiger partial charge in [0.25, 0.3) is 0 Å². The van der Waals surface area contributed by atoms with E-state index in [9.17, 15) is 4.79 Å². The Balaban J connectivity index is 2.70. The van der Waals surface area contributed by atoms with Gasteiger partial charge in [0.2, 0.25) is 0 Å². The molecule has 0 aliphatic carbocycles. The Bertz CT molecular complexity index is 438. The summed E-state index contributed by atoms with van der Waals surface area (Å²) in [4.78, 5) is 12.7. The van der Waals surface area contributed by atoms with E-state index in [-0.39, 0.29) is 6.61 Å². The van der Waals surface area contributed by atoms with Crippen molar-refractivity contribution in [3.05, 3.63) is 29.3 Å². The van der Waals surface area contributed by atoms with Crippen molar-refractivity contribution >= 4 is 12.0 Å². The highest BCUT2D eigenvalue weighted by Gasteiger charge is 2.07. The number of aliphatic hydroxyl groups is 1. The molecule has 0 unspecified atom stereocenters. The highest BCUT2D eigenvalue weighted by molar-refractivity contribution is 5.78. The topological polar surface area (TPSA) is 64.3 Å². The summed E-state index contributed by atoms with van der Waals surface area (Å²) in [6.45, 7) is 1.05. The largest absolute Gasteiger partial charge is 0.396 e. The van der Waals surface area contributed by atoms with Crippen molar-refractivity contribution < 1.29 is 9.90 Å². The zero-order chi connectivity index (χ0) is 13.4. The number of hydrogen-bond acceptors (Lipinski definition) is 4. The predicted octanol–water partition coefficient (Wildman–Crippen LogP) is 1.97. The van der Waals surface area contributed by atoms with Crippen LogP contribution in [-0.2, 0) is 0 Å². The maximum Gasteiger partial charge on any atom is 0.150 e. The second-order valence-corrected chi connectivity index (χ2v) is 4.21. The second-order valence-electron chi connectivity index (χ2n) is 4.21. The normalized spacial score (nSPS) is 9.83. The molecule has 0 heterocycles. The van der Waals surface area contributed by atoms with E-state index in [4.69, 9.17) is 10.4 Å². The van der Waals surface area contributed by atoms with Gasteiger partial charge in [0.1, 0.15) is 12.4 Å². The summed E-state index contributed by atoms with van der Waals surface area (Å²) in [6, 6.07) is 7.23. The number of rotatable bonds is 7. The SMILES string of the molecule is CN(CCCCCO)c1ccc(C=O)cc1C#N. The quantitative estimate of drug-likeness (QED) is 0.590. The molecule has 0 spiro atoms. The fraction of sp³-hybridized carbons (Fsp3) is 0.429. The molecular formula is C14H18N2O2. The van der Waals surface area contributed by atoms with E-state index in [0.29, 0.717) is 11.1 Å². The molecule has 4 nitrogen and oxygen atoms in total. The monoisotopic (exact) mass is 246 g/mol. The van der Waals surface area contributed by atoms with Crippen LogP contribution in [0, 0.1) is 11.3 Å². The summed E-state index contributed by atoms with van der Waals surface area (Å²) in [5, 5.41) is 17.8. The highest BCUT2D eigenvalue weighted by Crippen LogP contribution is 2.20. The lowest BCUT2D eigenvalue weighted by molar-refractivity contribution is 0.112. The molecule has 0 aliphatic rings. The number of benzene rings is 1. The third-order valence-corrected chi connectivity index (χ3v) is 2.84. The van der Waals surface area contributed by atoms with Gasteiger partial charge in [0.05, 0.1) is 11.3 Å². The Hall–Kier alpha value is -1.86. The van der Waals surface area contributed by atoms with Crippen molar-refractivity contribution in [1.29, 1.82) is 5.26 Å². The van der Waals surface area contributed by atoms with Gasteiger partial charge in [-0.1, -0.05) is 0 Å². The summed E-state index contributed by atoms with van der Waals surface area (Å²) < 4.78 is 0. The number of aliphatic hydroxyl groups excluding tert-OH is 1. The molecule has 4 heteroatoms. The van der Waals surface area contributed by atoms with Crippen molar-refractivity contribution in [2.24, 2.45) is 0 Å². The molecule has 0 amide bonds. The Morgan fingerprint density at radius 3 is 2.78 bits per heavy atom. The molecule has 0 aliphatic heterocycles. The fourth-order valence-electron chi connectivity index (χ4n) is 1.81. The van der Waals surface area contributed by atoms with Gasteiger partial charge >= 0.3 is 0 Å². The lowest BCUT2D eigenvalue weighted by Crippen LogP contribution is -2.19. The van der Waals surface area contributed by atoms with Gasteiger partial charge in [-0.15, -0.1) is 0 Å². The number of hydrogen-bond donors (Lipinski definition) is 1. The lowest BCUT2D eigenvalue weighted by Gasteiger charge is -2.20. The average Bonchev–Trinajstić information content (AvgIpc) is 2.42. The first-order valence-electron chi connectivity index (χ1n) is 6.04. The molecule has 96 valence electrons. The van der Waals surface area contributed by atoms with E-state index in [0.717, 1.165) is 37.8 Å². The van der Waals surface area contributed by atoms with Gasteiger partial charge in [-0.05, 0) is 37.5 Å². The van der Waals surface area contributed by atoms with Crippen LogP contribution in [0.4, 0.5) is 5.69 Å². The smallest absolute Gasteiger partial charge is 0.150 e. The third-order valence-electron chi connectivity index (χ3n) is 2.84. The molecule has 0 saturated heterocycles. The summed E-state index contributed by atoms with van der Waals surface area (Å²) in [5.74, 6) is 0. The van der Waals surface area contributed by atoms with Crippen molar-refractivity contribution in [2.45, 2.75) is 19.3 Å². The standard InChI is InChI=1S/C14H18N2O2/c1-16(7-3-2-4-8-17)14-6-5-12(11-18)9-13(14)10-15/h5-6,9,11,17H,2-4,7-8H2,1H3. The van der Waals surface area contributed by atoms with Crippen LogP contribution >= 0.6 is 0 Å². The van der Waals surface area contributed by atoms with E-state index in [1.807, 2.05) is 11.9 Å². The van der Waals surface area contributed by atoms with Crippen LogP contribution in [0.2, 0.25) is 0 Å². The number of anilines is 1. The third kappa shape index (κ3) is 3.86. The van der Waals surface area contributed by atoms with Crippen LogP contribution in [0.25, 0.3) is 0 Å². The van der Waals surface area contributed by atoms with E-state index in [1.165, 1.54) is 0 Å². The molecular weight excluding hydrogens is 228 g/mol. The Morgan fingerprint density at radius 2 is 2.17 bits per heavy atom. The van der Waals surface area contributed by atoms with Crippen LogP contribution in [0.15, 0.2) is 18.2 Å². The van der Waals surface area contributed by atoms with Crippen LogP contribution in [0.3, 0.4) is 0 Å². The zero-order valence-corrected chi connectivity index (χ0v) is 10.6. The molecule has 0 saturated carbocycles. The van der Waals surface area contributed by atoms with E-state index in [2.05, 4.69) is 6.07 Å². The second kappa shape index (κ2) is 7.46. The van der Waals surface area contributed by atoms with Gasteiger partial charge in [0.15, 0.2) is 0 Å². The molecule has 1 aromatic carbocycles. The summed E-state index contributed by atoms with van der Waals surface area (Å²) in [6.07, 6.45) is 3.49. The number of aldehydes is 1. The minimum absolute atomic E-state index is 0.223. The van der Waals surface area contributed by atoms with Crippen LogP contribution in [-0.4, -0.2) is 31.6 Å². The van der Waals surface area contributed by atoms with Gasteiger partial charge in [-0.25, -0.2) is 0 Å². The predicted molar refractivity (Wildman–Crippen MR) is 70.8 cm³/mol. The maximum absolute atomic E-state index is 10.7. The van der Waals surface area contributed by atoms with Crippen LogP contribution < -0.4 is 4.90 Å². The lowest BCUT2D eigenvalue weighted by atomic mass is 10.1. The molecule has 1 aromatic rings. The average molecular weight is 246 g/mol. The summed E-state index contributed by atoms with van der Waals surface area (Å²) in [5.41, 5.74) is 1.88. The van der Waals surface area contributed by atoms with E-state index < -0.39 is 0 Å². The minimum Gasteiger partial charge on any atom is -0.396 e. The molecule has 0 atom stereocenters. The Labute approximate surface area is 107 Å². The number of unbranched alkanes of at least 4 members (excludes halogenated alkanes) is 2. The molecule has 1 N–H and O–H groups in total. The minimum atomic E-state index is 0.223. The highest BCUT2D eigenvalue weighted by atomic mass is 16.2. The molecule has 18 heavy (non-hydrogen) atoms. The molecule has 0 radical (unpaired) electrons. The van der Waals surface area contributed by atoms with Crippen LogP contribution in [0.1, 0.15) is 35.2 Å². The summed E-state index contributed by atoms with van der Waals surface area (Å²) in [7, 11) is 1.93. The molecule has 0 fully saturated rings. The van der Waals surface area contributed by atoms with Crippen molar-refractivity contribution in [1.82, 2.24) is 0 Å². The Kier molecular flexibility index (Phi) is 5.89. The molecule has 0 bridgehead atoms. The first kappa shape index (κ1) is 14.2. The van der Waals surface area contributed by atoms with Gasteiger partial charge in [-0.3, -0.25) is 4.79 Å². The van der Waals surface area contributed by atoms with Gasteiger partial charge in [0, 0.05) is 25.8 Å². The maximum atomic E-state index is 10.7. The first-order chi connectivity index (χ1) is 8.72. The van der Waals surface area contributed by atoms with Crippen molar-refractivity contribution in [3.63, 3.8) is 0 Å².